The van der Waals surface area contributed by atoms with E-state index in [1.807, 2.05) is 64.9 Å². The van der Waals surface area contributed by atoms with Crippen molar-refractivity contribution < 1.29 is 14.4 Å². The lowest BCUT2D eigenvalue weighted by molar-refractivity contribution is 0.0666. The Morgan fingerprint density at radius 3 is 2.29 bits per heavy atom. The topological polar surface area (TPSA) is 54.5 Å². The number of anilines is 1. The number of carbonyl (C=O) groups is 3. The zero-order valence-electron chi connectivity index (χ0n) is 19.8. The largest absolute Gasteiger partial charge is 0.352 e. The number of nitrogens with zero attached hydrogens (tertiary/aromatic N) is 1. The molecule has 0 N–H and O–H groups in total. The molecule has 0 amide bonds. The van der Waals surface area contributed by atoms with Gasteiger partial charge in [0.15, 0.2) is 17.3 Å². The van der Waals surface area contributed by atoms with Crippen LogP contribution in [0.2, 0.25) is 5.02 Å². The predicted molar refractivity (Wildman–Crippen MR) is 154 cm³/mol. The first kappa shape index (κ1) is 23.8. The van der Waals surface area contributed by atoms with Crippen LogP contribution in [0.3, 0.4) is 0 Å². The minimum Gasteiger partial charge on any atom is -0.352 e. The van der Waals surface area contributed by atoms with Gasteiger partial charge in [0.05, 0.1) is 10.9 Å². The van der Waals surface area contributed by atoms with Crippen molar-refractivity contribution in [3.05, 3.63) is 127 Å². The molecule has 3 aliphatic rings. The summed E-state index contributed by atoms with van der Waals surface area (Å²) in [6.07, 6.45) is 3.83. The van der Waals surface area contributed by atoms with Gasteiger partial charge >= 0.3 is 0 Å². The number of halogens is 2. The second-order valence-corrected chi connectivity index (χ2v) is 12.1. The van der Waals surface area contributed by atoms with Gasteiger partial charge in [0, 0.05) is 32.2 Å². The molecule has 1 fully saturated rings. The van der Waals surface area contributed by atoms with Crippen LogP contribution < -0.4 is 4.90 Å². The van der Waals surface area contributed by atoms with E-state index < -0.39 is 23.4 Å². The quantitative estimate of drug-likeness (QED) is 0.181. The number of ketones is 3. The average molecular weight is 601 g/mol. The second kappa shape index (κ2) is 8.60. The van der Waals surface area contributed by atoms with Gasteiger partial charge in [-0.25, -0.2) is 0 Å². The summed E-state index contributed by atoms with van der Waals surface area (Å²) in [5.74, 6) is -1.29. The zero-order valence-corrected chi connectivity index (χ0v) is 23.0. The van der Waals surface area contributed by atoms with E-state index in [0.29, 0.717) is 21.0 Å². The van der Waals surface area contributed by atoms with E-state index in [4.69, 9.17) is 11.6 Å². The SMILES string of the molecule is O=C(c1cccs1)[C@@H]1[C@H](c2ccc(Br)cc2)C2(C(=O)c3ccccc3C2=O)[C@@H]2C=Cc3cc(Cl)ccc3N12. The summed E-state index contributed by atoms with van der Waals surface area (Å²) in [6, 6.07) is 22.4. The van der Waals surface area contributed by atoms with Crippen molar-refractivity contribution in [1.82, 2.24) is 0 Å². The standard InChI is InChI=1S/C31H19BrClNO3S/c32-19-10-7-17(8-11-19)26-27(28(35)24-6-3-15-38-24)34-23-13-12-20(33)16-18(23)9-14-25(34)31(26)29(36)21-4-1-2-5-22(21)30(31)37/h1-16,25-27H/t25-,26-,27-/m0/s1. The van der Waals surface area contributed by atoms with Crippen molar-refractivity contribution >= 4 is 68.0 Å². The Labute approximate surface area is 236 Å². The molecule has 7 rings (SSSR count). The molecule has 186 valence electrons. The maximum atomic E-state index is 14.5. The highest BCUT2D eigenvalue weighted by Gasteiger charge is 2.71. The van der Waals surface area contributed by atoms with Crippen LogP contribution in [0, 0.1) is 5.41 Å². The molecule has 1 aromatic heterocycles. The van der Waals surface area contributed by atoms with Crippen LogP contribution in [-0.4, -0.2) is 29.4 Å². The molecule has 38 heavy (non-hydrogen) atoms. The fourth-order valence-electron chi connectivity index (χ4n) is 6.56. The molecule has 0 radical (unpaired) electrons. The van der Waals surface area contributed by atoms with E-state index >= 15 is 0 Å². The van der Waals surface area contributed by atoms with Crippen molar-refractivity contribution in [2.75, 3.05) is 4.90 Å². The first-order valence-corrected chi connectivity index (χ1v) is 14.3. The van der Waals surface area contributed by atoms with E-state index in [1.54, 1.807) is 36.4 Å². The molecule has 3 heterocycles. The van der Waals surface area contributed by atoms with Crippen LogP contribution in [0.25, 0.3) is 6.08 Å². The Morgan fingerprint density at radius 1 is 0.921 bits per heavy atom. The van der Waals surface area contributed by atoms with Gasteiger partial charge in [0.2, 0.25) is 0 Å². The first-order valence-electron chi connectivity index (χ1n) is 12.2. The lowest BCUT2D eigenvalue weighted by Gasteiger charge is -2.37. The van der Waals surface area contributed by atoms with Gasteiger partial charge in [0.25, 0.3) is 0 Å². The minimum absolute atomic E-state index is 0.109. The minimum atomic E-state index is -1.50. The van der Waals surface area contributed by atoms with E-state index in [2.05, 4.69) is 15.9 Å². The van der Waals surface area contributed by atoms with Crippen molar-refractivity contribution in [3.63, 3.8) is 0 Å². The van der Waals surface area contributed by atoms with Crippen LogP contribution in [0.1, 0.15) is 47.4 Å². The Bertz CT molecular complexity index is 1640. The number of carbonyl (C=O) groups excluding carboxylic acids is 3. The molecule has 4 nitrogen and oxygen atoms in total. The van der Waals surface area contributed by atoms with E-state index in [1.165, 1.54) is 11.3 Å². The zero-order chi connectivity index (χ0) is 26.2. The molecule has 4 aromatic rings. The van der Waals surface area contributed by atoms with Crippen molar-refractivity contribution in [3.8, 4) is 0 Å². The number of hydrogen-bond donors (Lipinski definition) is 0. The van der Waals surface area contributed by atoms with Gasteiger partial charge in [0.1, 0.15) is 11.5 Å². The summed E-state index contributed by atoms with van der Waals surface area (Å²) in [4.78, 5) is 46.1. The van der Waals surface area contributed by atoms with Crippen LogP contribution in [0.15, 0.2) is 94.8 Å². The molecule has 7 heteroatoms. The van der Waals surface area contributed by atoms with Gasteiger partial charge < -0.3 is 4.90 Å². The summed E-state index contributed by atoms with van der Waals surface area (Å²) >= 11 is 11.2. The third-order valence-corrected chi connectivity index (χ3v) is 9.68. The summed E-state index contributed by atoms with van der Waals surface area (Å²) < 4.78 is 0.874. The van der Waals surface area contributed by atoms with Gasteiger partial charge in [-0.3, -0.25) is 14.4 Å². The lowest BCUT2D eigenvalue weighted by atomic mass is 9.64. The highest BCUT2D eigenvalue weighted by Crippen LogP contribution is 2.61. The Morgan fingerprint density at radius 2 is 1.63 bits per heavy atom. The van der Waals surface area contributed by atoms with Crippen LogP contribution in [0.5, 0.6) is 0 Å². The molecule has 2 aliphatic heterocycles. The summed E-state index contributed by atoms with van der Waals surface area (Å²) in [7, 11) is 0. The summed E-state index contributed by atoms with van der Waals surface area (Å²) in [6.45, 7) is 0. The second-order valence-electron chi connectivity index (χ2n) is 9.80. The normalized spacial score (nSPS) is 22.5. The maximum Gasteiger partial charge on any atom is 0.195 e. The number of Topliss-reactive ketones (excluding diaryl/α,β-unsaturated/α-hetero) is 3. The molecule has 0 unspecified atom stereocenters. The van der Waals surface area contributed by atoms with E-state index in [0.717, 1.165) is 21.3 Å². The third-order valence-electron chi connectivity index (χ3n) is 8.03. The molecule has 1 saturated heterocycles. The summed E-state index contributed by atoms with van der Waals surface area (Å²) in [5.41, 5.74) is 1.74. The molecule has 0 saturated carbocycles. The number of rotatable bonds is 3. The van der Waals surface area contributed by atoms with Crippen LogP contribution in [-0.2, 0) is 0 Å². The number of hydrogen-bond acceptors (Lipinski definition) is 5. The molecule has 0 bridgehead atoms. The first-order chi connectivity index (χ1) is 18.4. The van der Waals surface area contributed by atoms with Crippen LogP contribution in [0.4, 0.5) is 5.69 Å². The monoisotopic (exact) mass is 599 g/mol. The number of fused-ring (bicyclic) bond motifs is 5. The molecule has 3 aromatic carbocycles. The van der Waals surface area contributed by atoms with Crippen molar-refractivity contribution in [2.24, 2.45) is 5.41 Å². The molecule has 3 atom stereocenters. The molecular formula is C31H19BrClNO3S. The van der Waals surface area contributed by atoms with Gasteiger partial charge in [-0.15, -0.1) is 11.3 Å². The van der Waals surface area contributed by atoms with Crippen LogP contribution >= 0.6 is 38.9 Å². The molecular weight excluding hydrogens is 582 g/mol. The van der Waals surface area contributed by atoms with Gasteiger partial charge in [-0.05, 0) is 52.9 Å². The smallest absolute Gasteiger partial charge is 0.195 e. The molecule has 1 aliphatic carbocycles. The Balaban J connectivity index is 1.56. The lowest BCUT2D eigenvalue weighted by Crippen LogP contribution is -2.48. The van der Waals surface area contributed by atoms with Gasteiger partial charge in [-0.1, -0.05) is 82.1 Å². The molecule has 1 spiro atoms. The van der Waals surface area contributed by atoms with Crippen molar-refractivity contribution in [2.45, 2.75) is 18.0 Å². The Hall–Kier alpha value is -3.32. The summed E-state index contributed by atoms with van der Waals surface area (Å²) in [5, 5.41) is 2.45. The average Bonchev–Trinajstić information content (AvgIpc) is 3.62. The highest BCUT2D eigenvalue weighted by atomic mass is 79.9. The predicted octanol–water partition coefficient (Wildman–Crippen LogP) is 7.48. The fourth-order valence-corrected chi connectivity index (χ4v) is 7.70. The highest BCUT2D eigenvalue weighted by molar-refractivity contribution is 9.10. The van der Waals surface area contributed by atoms with E-state index in [-0.39, 0.29) is 17.3 Å². The third kappa shape index (κ3) is 3.11. The van der Waals surface area contributed by atoms with E-state index in [9.17, 15) is 14.4 Å². The fraction of sp³-hybridized carbons (Fsp3) is 0.129. The Kier molecular flexibility index (Phi) is 5.38. The number of thiophene rings is 1. The van der Waals surface area contributed by atoms with Crippen molar-refractivity contribution in [1.29, 1.82) is 0 Å². The van der Waals surface area contributed by atoms with Gasteiger partial charge in [-0.2, -0.15) is 0 Å². The maximum absolute atomic E-state index is 14.5. The number of benzene rings is 3.